The molecule has 1 amide bonds. The van der Waals surface area contributed by atoms with Crippen LogP contribution in [0.2, 0.25) is 0 Å². The summed E-state index contributed by atoms with van der Waals surface area (Å²) in [6.07, 6.45) is 6.65. The zero-order valence-electron chi connectivity index (χ0n) is 13.1. The number of nitrogens with zero attached hydrogens (tertiary/aromatic N) is 3. The van der Waals surface area contributed by atoms with Crippen molar-refractivity contribution in [3.8, 4) is 11.4 Å². The van der Waals surface area contributed by atoms with Crippen LogP contribution in [-0.4, -0.2) is 28.8 Å². The first-order chi connectivity index (χ1) is 11.8. The first-order valence-electron chi connectivity index (χ1n) is 7.33. The lowest BCUT2D eigenvalue weighted by atomic mass is 10.3. The molecule has 0 aliphatic heterocycles. The highest BCUT2D eigenvalue weighted by Gasteiger charge is 2.04. The van der Waals surface area contributed by atoms with Crippen LogP contribution in [0.3, 0.4) is 0 Å². The van der Waals surface area contributed by atoms with Crippen molar-refractivity contribution in [3.63, 3.8) is 0 Å². The third kappa shape index (κ3) is 3.49. The number of carbonyl (C=O) groups excluding carboxylic acids is 1. The van der Waals surface area contributed by atoms with Crippen molar-refractivity contribution in [2.24, 2.45) is 5.10 Å². The van der Waals surface area contributed by atoms with Gasteiger partial charge in [-0.05, 0) is 48.5 Å². The van der Waals surface area contributed by atoms with Gasteiger partial charge in [-0.25, -0.2) is 5.43 Å². The lowest BCUT2D eigenvalue weighted by Gasteiger charge is -2.07. The van der Waals surface area contributed by atoms with Gasteiger partial charge < -0.3 is 9.30 Å². The number of amides is 1. The maximum atomic E-state index is 11.9. The van der Waals surface area contributed by atoms with Crippen molar-refractivity contribution in [2.45, 2.75) is 0 Å². The Hall–Kier alpha value is -3.41. The van der Waals surface area contributed by atoms with Crippen molar-refractivity contribution >= 4 is 12.1 Å². The Labute approximate surface area is 139 Å². The van der Waals surface area contributed by atoms with Gasteiger partial charge in [0.2, 0.25) is 0 Å². The van der Waals surface area contributed by atoms with Crippen molar-refractivity contribution in [2.75, 3.05) is 7.11 Å². The molecule has 0 bridgehead atoms. The molecular formula is C18H16N4O2. The molecule has 6 heteroatoms. The van der Waals surface area contributed by atoms with Crippen molar-refractivity contribution in [1.29, 1.82) is 0 Å². The SMILES string of the molecule is COc1ccc(-n2cccc2/C=N\NC(=O)c2ccncc2)cc1. The number of aromatic nitrogens is 2. The van der Waals surface area contributed by atoms with Crippen LogP contribution in [0.15, 0.2) is 72.2 Å². The summed E-state index contributed by atoms with van der Waals surface area (Å²) in [5.41, 5.74) is 4.83. The number of hydrogen-bond donors (Lipinski definition) is 1. The zero-order chi connectivity index (χ0) is 16.8. The van der Waals surface area contributed by atoms with Crippen LogP contribution >= 0.6 is 0 Å². The number of rotatable bonds is 5. The van der Waals surface area contributed by atoms with Crippen LogP contribution < -0.4 is 10.2 Å². The maximum absolute atomic E-state index is 11.9. The lowest BCUT2D eigenvalue weighted by molar-refractivity contribution is 0.0955. The maximum Gasteiger partial charge on any atom is 0.271 e. The molecule has 0 saturated carbocycles. The largest absolute Gasteiger partial charge is 0.497 e. The van der Waals surface area contributed by atoms with E-state index in [1.54, 1.807) is 37.9 Å². The minimum atomic E-state index is -0.281. The molecule has 3 rings (SSSR count). The average Bonchev–Trinajstić information content (AvgIpc) is 3.11. The third-order valence-electron chi connectivity index (χ3n) is 3.44. The van der Waals surface area contributed by atoms with Gasteiger partial charge in [-0.2, -0.15) is 5.10 Å². The molecule has 3 aromatic rings. The van der Waals surface area contributed by atoms with Crippen molar-refractivity contribution in [1.82, 2.24) is 15.0 Å². The minimum Gasteiger partial charge on any atom is -0.497 e. The van der Waals surface area contributed by atoms with E-state index in [1.165, 1.54) is 0 Å². The number of nitrogens with one attached hydrogen (secondary N) is 1. The molecule has 1 N–H and O–H groups in total. The van der Waals surface area contributed by atoms with Crippen molar-refractivity contribution < 1.29 is 9.53 Å². The van der Waals surface area contributed by atoms with Crippen LogP contribution in [0.4, 0.5) is 0 Å². The van der Waals surface area contributed by atoms with Gasteiger partial charge in [0.15, 0.2) is 0 Å². The summed E-state index contributed by atoms with van der Waals surface area (Å²) in [4.78, 5) is 15.8. The number of hydrazone groups is 1. The van der Waals surface area contributed by atoms with E-state index in [9.17, 15) is 4.79 Å². The number of pyridine rings is 1. The van der Waals surface area contributed by atoms with Gasteiger partial charge in [0.25, 0.3) is 5.91 Å². The molecule has 0 fully saturated rings. The second-order valence-corrected chi connectivity index (χ2v) is 4.94. The summed E-state index contributed by atoms with van der Waals surface area (Å²) < 4.78 is 7.12. The normalized spacial score (nSPS) is 10.7. The first kappa shape index (κ1) is 15.5. The number of hydrogen-bond acceptors (Lipinski definition) is 4. The van der Waals surface area contributed by atoms with Crippen LogP contribution in [0.5, 0.6) is 5.75 Å². The molecule has 6 nitrogen and oxygen atoms in total. The van der Waals surface area contributed by atoms with Gasteiger partial charge in [0.1, 0.15) is 5.75 Å². The topological polar surface area (TPSA) is 68.5 Å². The highest BCUT2D eigenvalue weighted by Crippen LogP contribution is 2.16. The van der Waals surface area contributed by atoms with Gasteiger partial charge in [-0.3, -0.25) is 9.78 Å². The molecule has 2 heterocycles. The molecule has 0 spiro atoms. The van der Waals surface area contributed by atoms with Gasteiger partial charge in [-0.15, -0.1) is 0 Å². The Kier molecular flexibility index (Phi) is 4.67. The molecule has 0 unspecified atom stereocenters. The molecule has 0 saturated heterocycles. The number of ether oxygens (including phenoxy) is 1. The van der Waals surface area contributed by atoms with E-state index in [0.29, 0.717) is 5.56 Å². The van der Waals surface area contributed by atoms with Crippen LogP contribution in [0.25, 0.3) is 5.69 Å². The second-order valence-electron chi connectivity index (χ2n) is 4.94. The molecule has 0 radical (unpaired) electrons. The standard InChI is InChI=1S/C18H16N4O2/c1-24-17-6-4-15(5-7-17)22-12-2-3-16(22)13-20-21-18(23)14-8-10-19-11-9-14/h2-13H,1H3,(H,21,23)/b20-13-. The van der Waals surface area contributed by atoms with E-state index in [4.69, 9.17) is 4.74 Å². The smallest absolute Gasteiger partial charge is 0.271 e. The molecule has 0 aliphatic rings. The Bertz CT molecular complexity index is 839. The van der Waals surface area contributed by atoms with Crippen LogP contribution in [0, 0.1) is 0 Å². The van der Waals surface area contributed by atoms with E-state index in [-0.39, 0.29) is 5.91 Å². The Morgan fingerprint density at radius 2 is 1.92 bits per heavy atom. The summed E-state index contributed by atoms with van der Waals surface area (Å²) >= 11 is 0. The first-order valence-corrected chi connectivity index (χ1v) is 7.33. The number of methoxy groups -OCH3 is 1. The number of carbonyl (C=O) groups is 1. The summed E-state index contributed by atoms with van der Waals surface area (Å²) in [5, 5.41) is 4.02. The van der Waals surface area contributed by atoms with E-state index in [2.05, 4.69) is 15.5 Å². The Balaban J connectivity index is 1.72. The van der Waals surface area contributed by atoms with E-state index in [0.717, 1.165) is 17.1 Å². The molecule has 1 aromatic carbocycles. The molecule has 0 aliphatic carbocycles. The van der Waals surface area contributed by atoms with Crippen LogP contribution in [0.1, 0.15) is 16.1 Å². The molecule has 120 valence electrons. The predicted octanol–water partition coefficient (Wildman–Crippen LogP) is 2.64. The lowest BCUT2D eigenvalue weighted by Crippen LogP contribution is -2.17. The highest BCUT2D eigenvalue weighted by molar-refractivity contribution is 5.94. The van der Waals surface area contributed by atoms with Gasteiger partial charge in [-0.1, -0.05) is 0 Å². The summed E-state index contributed by atoms with van der Waals surface area (Å²) in [6.45, 7) is 0. The monoisotopic (exact) mass is 320 g/mol. The van der Waals surface area contributed by atoms with E-state index in [1.807, 2.05) is 47.2 Å². The number of benzene rings is 1. The molecule has 24 heavy (non-hydrogen) atoms. The minimum absolute atomic E-state index is 0.281. The zero-order valence-corrected chi connectivity index (χ0v) is 13.1. The summed E-state index contributed by atoms with van der Waals surface area (Å²) in [6, 6.07) is 14.8. The van der Waals surface area contributed by atoms with Gasteiger partial charge in [0.05, 0.1) is 19.0 Å². The van der Waals surface area contributed by atoms with Crippen LogP contribution in [-0.2, 0) is 0 Å². The summed E-state index contributed by atoms with van der Waals surface area (Å²) in [5.74, 6) is 0.516. The molecule has 2 aromatic heterocycles. The van der Waals surface area contributed by atoms with E-state index >= 15 is 0 Å². The van der Waals surface area contributed by atoms with E-state index < -0.39 is 0 Å². The molecular weight excluding hydrogens is 304 g/mol. The van der Waals surface area contributed by atoms with Crippen molar-refractivity contribution in [3.05, 3.63) is 78.4 Å². The highest BCUT2D eigenvalue weighted by atomic mass is 16.5. The molecule has 0 atom stereocenters. The fourth-order valence-electron chi connectivity index (χ4n) is 2.20. The third-order valence-corrected chi connectivity index (χ3v) is 3.44. The van der Waals surface area contributed by atoms with Gasteiger partial charge >= 0.3 is 0 Å². The quantitative estimate of drug-likeness (QED) is 0.580. The summed E-state index contributed by atoms with van der Waals surface area (Å²) in [7, 11) is 1.63. The predicted molar refractivity (Wildman–Crippen MR) is 91.6 cm³/mol. The second kappa shape index (κ2) is 7.23. The van der Waals surface area contributed by atoms with Gasteiger partial charge in [0, 0.05) is 29.8 Å². The Morgan fingerprint density at radius 3 is 2.62 bits per heavy atom. The fourth-order valence-corrected chi connectivity index (χ4v) is 2.20. The average molecular weight is 320 g/mol. The Morgan fingerprint density at radius 1 is 1.17 bits per heavy atom. The fraction of sp³-hybridized carbons (Fsp3) is 0.0556.